The van der Waals surface area contributed by atoms with Crippen molar-refractivity contribution >= 4 is 23.5 Å². The lowest BCUT2D eigenvalue weighted by Gasteiger charge is -2.25. The van der Waals surface area contributed by atoms with Crippen LogP contribution >= 0.6 is 0 Å². The molecule has 140 valence electrons. The van der Waals surface area contributed by atoms with Gasteiger partial charge in [-0.05, 0) is 25.7 Å². The number of likely N-dealkylation sites (tertiary alicyclic amines) is 1. The summed E-state index contributed by atoms with van der Waals surface area (Å²) >= 11 is 0. The Labute approximate surface area is 146 Å². The quantitative estimate of drug-likeness (QED) is 0.688. The van der Waals surface area contributed by atoms with Crippen molar-refractivity contribution in [2.24, 2.45) is 5.92 Å². The molecular formula is C17H26FN3O4. The molecule has 2 rings (SSSR count). The summed E-state index contributed by atoms with van der Waals surface area (Å²) in [6.07, 6.45) is 6.12. The third kappa shape index (κ3) is 5.51. The fraction of sp³-hybridized carbons (Fsp3) is 0.765. The highest BCUT2D eigenvalue weighted by Gasteiger charge is 2.34. The molecule has 0 aromatic carbocycles. The Bertz CT molecular complexity index is 520. The van der Waals surface area contributed by atoms with E-state index >= 15 is 0 Å². The molecule has 7 nitrogen and oxygen atoms in total. The average molecular weight is 355 g/mol. The van der Waals surface area contributed by atoms with E-state index in [2.05, 4.69) is 10.6 Å². The highest BCUT2D eigenvalue weighted by molar-refractivity contribution is 5.93. The molecule has 0 radical (unpaired) electrons. The first-order valence-electron chi connectivity index (χ1n) is 8.95. The first-order chi connectivity index (χ1) is 12.0. The Morgan fingerprint density at radius 3 is 2.24 bits per heavy atom. The number of nitrogens with one attached hydrogen (secondary N) is 2. The van der Waals surface area contributed by atoms with E-state index in [1.807, 2.05) is 0 Å². The second-order valence-electron chi connectivity index (χ2n) is 6.69. The van der Waals surface area contributed by atoms with Gasteiger partial charge < -0.3 is 15.5 Å². The summed E-state index contributed by atoms with van der Waals surface area (Å²) in [6.45, 7) is -1.18. The van der Waals surface area contributed by atoms with E-state index in [9.17, 15) is 23.6 Å². The van der Waals surface area contributed by atoms with Gasteiger partial charge in [0.1, 0.15) is 12.7 Å². The van der Waals surface area contributed by atoms with Crippen molar-refractivity contribution in [2.75, 3.05) is 26.3 Å². The lowest BCUT2D eigenvalue weighted by Crippen LogP contribution is -2.50. The van der Waals surface area contributed by atoms with Crippen molar-refractivity contribution < 1.29 is 23.6 Å². The smallest absolute Gasteiger partial charge is 0.243 e. The fourth-order valence-corrected chi connectivity index (χ4v) is 3.46. The molecule has 0 aromatic heterocycles. The van der Waals surface area contributed by atoms with E-state index in [1.165, 1.54) is 4.90 Å². The monoisotopic (exact) mass is 355 g/mol. The van der Waals surface area contributed by atoms with Crippen LogP contribution in [0.25, 0.3) is 0 Å². The highest BCUT2D eigenvalue weighted by atomic mass is 19.1. The molecule has 1 saturated carbocycles. The zero-order valence-corrected chi connectivity index (χ0v) is 14.4. The van der Waals surface area contributed by atoms with E-state index in [0.29, 0.717) is 19.4 Å². The van der Waals surface area contributed by atoms with Crippen molar-refractivity contribution in [3.8, 4) is 0 Å². The van der Waals surface area contributed by atoms with E-state index in [4.69, 9.17) is 0 Å². The van der Waals surface area contributed by atoms with Crippen molar-refractivity contribution in [3.05, 3.63) is 0 Å². The zero-order valence-electron chi connectivity index (χ0n) is 14.4. The summed E-state index contributed by atoms with van der Waals surface area (Å²) in [5.74, 6) is -1.58. The molecule has 25 heavy (non-hydrogen) atoms. The summed E-state index contributed by atoms with van der Waals surface area (Å²) in [4.78, 5) is 48.9. The van der Waals surface area contributed by atoms with Gasteiger partial charge in [0.2, 0.25) is 17.7 Å². The van der Waals surface area contributed by atoms with Crippen LogP contribution in [0.1, 0.15) is 44.9 Å². The van der Waals surface area contributed by atoms with E-state index in [-0.39, 0.29) is 30.8 Å². The molecule has 2 aliphatic rings. The Balaban J connectivity index is 1.79. The largest absolute Gasteiger partial charge is 0.347 e. The second-order valence-corrected chi connectivity index (χ2v) is 6.69. The van der Waals surface area contributed by atoms with Crippen LogP contribution in [-0.2, 0) is 19.2 Å². The van der Waals surface area contributed by atoms with Crippen LogP contribution in [-0.4, -0.2) is 60.8 Å². The number of ketones is 1. The highest BCUT2D eigenvalue weighted by Crippen LogP contribution is 2.23. The predicted molar refractivity (Wildman–Crippen MR) is 88.3 cm³/mol. The number of rotatable bonds is 7. The molecule has 1 atom stereocenters. The van der Waals surface area contributed by atoms with E-state index in [0.717, 1.165) is 32.1 Å². The second kappa shape index (κ2) is 9.48. The first kappa shape index (κ1) is 19.3. The number of carbonyl (C=O) groups excluding carboxylic acids is 4. The van der Waals surface area contributed by atoms with Gasteiger partial charge in [-0.3, -0.25) is 19.2 Å². The van der Waals surface area contributed by atoms with Gasteiger partial charge in [0.15, 0.2) is 5.78 Å². The van der Waals surface area contributed by atoms with Crippen molar-refractivity contribution in [2.45, 2.75) is 51.0 Å². The minimum Gasteiger partial charge on any atom is -0.347 e. The number of carbonyl (C=O) groups is 4. The maximum absolute atomic E-state index is 12.3. The van der Waals surface area contributed by atoms with Gasteiger partial charge >= 0.3 is 0 Å². The Morgan fingerprint density at radius 2 is 1.56 bits per heavy atom. The van der Waals surface area contributed by atoms with Gasteiger partial charge in [-0.2, -0.15) is 0 Å². The molecule has 1 heterocycles. The number of nitrogens with zero attached hydrogens (tertiary/aromatic N) is 1. The lowest BCUT2D eigenvalue weighted by atomic mass is 9.89. The van der Waals surface area contributed by atoms with Gasteiger partial charge in [-0.15, -0.1) is 0 Å². The van der Waals surface area contributed by atoms with Crippen LogP contribution < -0.4 is 10.6 Å². The van der Waals surface area contributed by atoms with Crippen LogP contribution in [0.5, 0.6) is 0 Å². The number of alkyl halides is 1. The molecule has 1 aliphatic carbocycles. The van der Waals surface area contributed by atoms with Crippen LogP contribution in [0.3, 0.4) is 0 Å². The Morgan fingerprint density at radius 1 is 0.880 bits per heavy atom. The minimum absolute atomic E-state index is 0.0223. The summed E-state index contributed by atoms with van der Waals surface area (Å²) in [7, 11) is 0. The maximum Gasteiger partial charge on any atom is 0.243 e. The van der Waals surface area contributed by atoms with Gasteiger partial charge in [0, 0.05) is 12.5 Å². The third-order valence-corrected chi connectivity index (χ3v) is 4.87. The van der Waals surface area contributed by atoms with Crippen LogP contribution in [0.15, 0.2) is 0 Å². The molecule has 2 fully saturated rings. The molecule has 0 spiro atoms. The molecule has 0 bridgehead atoms. The molecule has 2 N–H and O–H groups in total. The maximum atomic E-state index is 12.3. The Hall–Kier alpha value is -1.99. The minimum atomic E-state index is -1.12. The van der Waals surface area contributed by atoms with Gasteiger partial charge in [-0.25, -0.2) is 4.39 Å². The van der Waals surface area contributed by atoms with E-state index < -0.39 is 24.4 Å². The van der Waals surface area contributed by atoms with Gasteiger partial charge in [0.05, 0.1) is 13.1 Å². The topological polar surface area (TPSA) is 95.6 Å². The molecule has 1 saturated heterocycles. The normalized spacial score (nSPS) is 21.0. The van der Waals surface area contributed by atoms with Crippen LogP contribution in [0, 0.1) is 5.92 Å². The van der Waals surface area contributed by atoms with Gasteiger partial charge in [0.25, 0.3) is 0 Å². The Kier molecular flexibility index (Phi) is 7.33. The molecule has 0 aromatic rings. The molecule has 1 unspecified atom stereocenters. The van der Waals surface area contributed by atoms with Crippen molar-refractivity contribution in [1.82, 2.24) is 15.5 Å². The number of amides is 3. The predicted octanol–water partition coefficient (Wildman–Crippen LogP) is 0.329. The van der Waals surface area contributed by atoms with Gasteiger partial charge in [-0.1, -0.05) is 19.3 Å². The molecule has 1 aliphatic heterocycles. The SMILES string of the molecule is O=C(CF)CNC(=O)C1CCCN1C(=O)CNC(=O)C1CCCCC1. The molecular weight excluding hydrogens is 329 g/mol. The molecule has 8 heteroatoms. The number of hydrogen-bond donors (Lipinski definition) is 2. The number of Topliss-reactive ketones (excluding diaryl/α,β-unsaturated/α-hetero) is 1. The lowest BCUT2D eigenvalue weighted by molar-refractivity contribution is -0.139. The average Bonchev–Trinajstić information content (AvgIpc) is 3.14. The van der Waals surface area contributed by atoms with E-state index in [1.54, 1.807) is 0 Å². The zero-order chi connectivity index (χ0) is 18.2. The summed E-state index contributed by atoms with van der Waals surface area (Å²) in [5.41, 5.74) is 0. The first-order valence-corrected chi connectivity index (χ1v) is 8.95. The fourth-order valence-electron chi connectivity index (χ4n) is 3.46. The third-order valence-electron chi connectivity index (χ3n) is 4.87. The summed E-state index contributed by atoms with van der Waals surface area (Å²) < 4.78 is 12.1. The standard InChI is InChI=1S/C17H26FN3O4/c18-9-13(22)10-19-17(25)14-7-4-8-21(14)15(23)11-20-16(24)12-5-2-1-3-6-12/h12,14H,1-11H2,(H,19,25)(H,20,24). The van der Waals surface area contributed by atoms with Crippen molar-refractivity contribution in [1.29, 1.82) is 0 Å². The number of halogens is 1. The summed E-state index contributed by atoms with van der Waals surface area (Å²) in [6, 6.07) is -0.661. The number of hydrogen-bond acceptors (Lipinski definition) is 4. The summed E-state index contributed by atoms with van der Waals surface area (Å²) in [5, 5.41) is 5.05. The van der Waals surface area contributed by atoms with Crippen molar-refractivity contribution in [3.63, 3.8) is 0 Å². The van der Waals surface area contributed by atoms with Crippen LogP contribution in [0.4, 0.5) is 4.39 Å². The van der Waals surface area contributed by atoms with Crippen LogP contribution in [0.2, 0.25) is 0 Å². The molecule has 3 amide bonds.